The Kier molecular flexibility index (Phi) is 2.25. The van der Waals surface area contributed by atoms with Crippen LogP contribution in [0.15, 0.2) is 18.2 Å². The van der Waals surface area contributed by atoms with Crippen molar-refractivity contribution in [1.29, 1.82) is 0 Å². The van der Waals surface area contributed by atoms with Crippen LogP contribution in [0, 0.1) is 6.92 Å². The lowest BCUT2D eigenvalue weighted by Gasteiger charge is -2.06. The maximum Gasteiger partial charge on any atom is 0.183 e. The summed E-state index contributed by atoms with van der Waals surface area (Å²) in [5.74, 6) is 0.648. The summed E-state index contributed by atoms with van der Waals surface area (Å²) in [6, 6.07) is 5.19. The summed E-state index contributed by atoms with van der Waals surface area (Å²) in [5, 5.41) is 0. The molecule has 1 aromatic rings. The topological polar surface area (TPSA) is 52.3 Å². The quantitative estimate of drug-likeness (QED) is 0.672. The Morgan fingerprint density at radius 3 is 3.07 bits per heavy atom. The Hall–Kier alpha value is -1.35. The van der Waals surface area contributed by atoms with Crippen molar-refractivity contribution in [2.45, 2.75) is 19.4 Å². The molecule has 1 heterocycles. The number of aryl methyl sites for hydroxylation is 1. The summed E-state index contributed by atoms with van der Waals surface area (Å²) in [4.78, 5) is 11.8. The number of hydrogen-bond donors (Lipinski definition) is 1. The minimum Gasteiger partial charge on any atom is -0.493 e. The van der Waals surface area contributed by atoms with Crippen LogP contribution in [-0.2, 0) is 0 Å². The van der Waals surface area contributed by atoms with E-state index in [9.17, 15) is 4.79 Å². The molecular weight excluding hydrogens is 178 g/mol. The van der Waals surface area contributed by atoms with Crippen molar-refractivity contribution in [2.24, 2.45) is 5.73 Å². The molecule has 1 aliphatic heterocycles. The molecule has 3 nitrogen and oxygen atoms in total. The SMILES string of the molecule is Cc1ccc2c(c1)C(=O)[C@@H](N)CCO2. The summed E-state index contributed by atoms with van der Waals surface area (Å²) < 4.78 is 5.44. The number of hydrogen-bond acceptors (Lipinski definition) is 3. The van der Waals surface area contributed by atoms with E-state index in [1.807, 2.05) is 25.1 Å². The predicted octanol–water partition coefficient (Wildman–Crippen LogP) is 1.29. The monoisotopic (exact) mass is 191 g/mol. The number of benzene rings is 1. The van der Waals surface area contributed by atoms with Gasteiger partial charge in [-0.25, -0.2) is 0 Å². The fraction of sp³-hybridized carbons (Fsp3) is 0.364. The van der Waals surface area contributed by atoms with Gasteiger partial charge >= 0.3 is 0 Å². The number of fused-ring (bicyclic) bond motifs is 1. The lowest BCUT2D eigenvalue weighted by atomic mass is 10.0. The summed E-state index contributed by atoms with van der Waals surface area (Å²) in [7, 11) is 0. The molecule has 1 aromatic carbocycles. The van der Waals surface area contributed by atoms with Crippen molar-refractivity contribution in [3.63, 3.8) is 0 Å². The maximum absolute atomic E-state index is 11.8. The first kappa shape index (κ1) is 9.21. The highest BCUT2D eigenvalue weighted by Gasteiger charge is 2.23. The van der Waals surface area contributed by atoms with Crippen molar-refractivity contribution in [1.82, 2.24) is 0 Å². The third kappa shape index (κ3) is 1.51. The third-order valence-electron chi connectivity index (χ3n) is 2.42. The molecule has 2 rings (SSSR count). The normalized spacial score (nSPS) is 21.0. The zero-order chi connectivity index (χ0) is 10.1. The highest BCUT2D eigenvalue weighted by molar-refractivity contribution is 6.02. The van der Waals surface area contributed by atoms with Gasteiger partial charge in [0.1, 0.15) is 5.75 Å². The molecular formula is C11H13NO2. The van der Waals surface area contributed by atoms with E-state index in [2.05, 4.69) is 0 Å². The van der Waals surface area contributed by atoms with Crippen molar-refractivity contribution >= 4 is 5.78 Å². The second-order valence-electron chi connectivity index (χ2n) is 3.61. The molecule has 0 radical (unpaired) electrons. The zero-order valence-corrected chi connectivity index (χ0v) is 8.12. The van der Waals surface area contributed by atoms with Gasteiger partial charge in [-0.3, -0.25) is 4.79 Å². The summed E-state index contributed by atoms with van der Waals surface area (Å²) >= 11 is 0. The molecule has 0 saturated heterocycles. The smallest absolute Gasteiger partial charge is 0.183 e. The van der Waals surface area contributed by atoms with Crippen LogP contribution in [0.3, 0.4) is 0 Å². The first-order valence-corrected chi connectivity index (χ1v) is 4.72. The Morgan fingerprint density at radius 1 is 1.50 bits per heavy atom. The average Bonchev–Trinajstić information content (AvgIpc) is 2.30. The van der Waals surface area contributed by atoms with Crippen LogP contribution >= 0.6 is 0 Å². The van der Waals surface area contributed by atoms with Gasteiger partial charge in [-0.15, -0.1) is 0 Å². The molecule has 1 atom stereocenters. The van der Waals surface area contributed by atoms with Gasteiger partial charge in [0, 0.05) is 6.42 Å². The molecule has 2 N–H and O–H groups in total. The highest BCUT2D eigenvalue weighted by Crippen LogP contribution is 2.24. The predicted molar refractivity (Wildman–Crippen MR) is 53.6 cm³/mol. The summed E-state index contributed by atoms with van der Waals surface area (Å²) in [5.41, 5.74) is 7.38. The number of nitrogens with two attached hydrogens (primary N) is 1. The molecule has 14 heavy (non-hydrogen) atoms. The van der Waals surface area contributed by atoms with Crippen LogP contribution in [-0.4, -0.2) is 18.4 Å². The number of rotatable bonds is 0. The molecule has 0 aliphatic carbocycles. The number of carbonyl (C=O) groups is 1. The first-order chi connectivity index (χ1) is 6.68. The van der Waals surface area contributed by atoms with Gasteiger partial charge in [0.15, 0.2) is 5.78 Å². The first-order valence-electron chi connectivity index (χ1n) is 4.72. The molecule has 0 saturated carbocycles. The van der Waals surface area contributed by atoms with Crippen LogP contribution < -0.4 is 10.5 Å². The fourth-order valence-corrected chi connectivity index (χ4v) is 1.59. The van der Waals surface area contributed by atoms with Crippen LogP contribution in [0.4, 0.5) is 0 Å². The van der Waals surface area contributed by atoms with Gasteiger partial charge in [-0.05, 0) is 19.1 Å². The molecule has 74 valence electrons. The van der Waals surface area contributed by atoms with Crippen molar-refractivity contribution in [2.75, 3.05) is 6.61 Å². The minimum atomic E-state index is -0.418. The number of carbonyl (C=O) groups excluding carboxylic acids is 1. The van der Waals surface area contributed by atoms with E-state index >= 15 is 0 Å². The van der Waals surface area contributed by atoms with E-state index < -0.39 is 6.04 Å². The Labute approximate surface area is 82.9 Å². The summed E-state index contributed by atoms with van der Waals surface area (Å²) in [6.07, 6.45) is 0.590. The maximum atomic E-state index is 11.8. The lowest BCUT2D eigenvalue weighted by Crippen LogP contribution is -2.30. The van der Waals surface area contributed by atoms with Gasteiger partial charge in [0.25, 0.3) is 0 Å². The van der Waals surface area contributed by atoms with E-state index in [0.29, 0.717) is 24.3 Å². The van der Waals surface area contributed by atoms with E-state index in [1.54, 1.807) is 0 Å². The molecule has 0 amide bonds. The van der Waals surface area contributed by atoms with Gasteiger partial charge in [-0.2, -0.15) is 0 Å². The van der Waals surface area contributed by atoms with Crippen molar-refractivity contribution in [3.05, 3.63) is 29.3 Å². The van der Waals surface area contributed by atoms with Crippen LogP contribution in [0.2, 0.25) is 0 Å². The van der Waals surface area contributed by atoms with Gasteiger partial charge in [0.2, 0.25) is 0 Å². The third-order valence-corrected chi connectivity index (χ3v) is 2.42. The number of ether oxygens (including phenoxy) is 1. The zero-order valence-electron chi connectivity index (χ0n) is 8.12. The number of ketones is 1. The average molecular weight is 191 g/mol. The van der Waals surface area contributed by atoms with E-state index in [4.69, 9.17) is 10.5 Å². The van der Waals surface area contributed by atoms with Crippen LogP contribution in [0.1, 0.15) is 22.3 Å². The van der Waals surface area contributed by atoms with Gasteiger partial charge < -0.3 is 10.5 Å². The lowest BCUT2D eigenvalue weighted by molar-refractivity contribution is 0.0960. The van der Waals surface area contributed by atoms with E-state index in [-0.39, 0.29) is 5.78 Å². The molecule has 0 unspecified atom stereocenters. The van der Waals surface area contributed by atoms with Crippen LogP contribution in [0.5, 0.6) is 5.75 Å². The van der Waals surface area contributed by atoms with Gasteiger partial charge in [-0.1, -0.05) is 11.6 Å². The minimum absolute atomic E-state index is 0.0128. The Balaban J connectivity index is 2.50. The van der Waals surface area contributed by atoms with Crippen molar-refractivity contribution in [3.8, 4) is 5.75 Å². The molecule has 0 fully saturated rings. The second-order valence-corrected chi connectivity index (χ2v) is 3.61. The fourth-order valence-electron chi connectivity index (χ4n) is 1.59. The van der Waals surface area contributed by atoms with Gasteiger partial charge in [0.05, 0.1) is 18.2 Å². The molecule has 0 aromatic heterocycles. The van der Waals surface area contributed by atoms with E-state index in [1.165, 1.54) is 0 Å². The molecule has 1 aliphatic rings. The molecule has 0 bridgehead atoms. The highest BCUT2D eigenvalue weighted by atomic mass is 16.5. The summed E-state index contributed by atoms with van der Waals surface area (Å²) in [6.45, 7) is 2.47. The number of Topliss-reactive ketones (excluding diaryl/α,β-unsaturated/α-hetero) is 1. The molecule has 3 heteroatoms. The van der Waals surface area contributed by atoms with Crippen LogP contribution in [0.25, 0.3) is 0 Å². The van der Waals surface area contributed by atoms with E-state index in [0.717, 1.165) is 5.56 Å². The Morgan fingerprint density at radius 2 is 2.29 bits per heavy atom. The largest absolute Gasteiger partial charge is 0.493 e. The second kappa shape index (κ2) is 3.42. The molecule has 0 spiro atoms. The Bertz CT molecular complexity index is 374. The standard InChI is InChI=1S/C11H13NO2/c1-7-2-3-10-8(6-7)11(13)9(12)4-5-14-10/h2-3,6,9H,4-5,12H2,1H3/t9-/m0/s1. The van der Waals surface area contributed by atoms with Crippen molar-refractivity contribution < 1.29 is 9.53 Å².